The number of esters is 1. The fraction of sp³-hybridized carbons (Fsp3) is 0.643. The maximum Gasteiger partial charge on any atom is 0.351 e. The van der Waals surface area contributed by atoms with Crippen LogP contribution in [-0.2, 0) is 14.3 Å². The first kappa shape index (κ1) is 18.3. The molecular formula is C14H22N4O6. The Morgan fingerprint density at radius 2 is 2.21 bits per heavy atom. The SMILES string of the molecule is CC(C)C(N)C(=O)OC1C(O)[C@H](n2ccc(N)nc2=O)O[C@@H]1CO. The molecule has 3 unspecified atom stereocenters. The number of hydrogen-bond donors (Lipinski definition) is 4. The van der Waals surface area contributed by atoms with E-state index in [1.807, 2.05) is 0 Å². The summed E-state index contributed by atoms with van der Waals surface area (Å²) in [5.41, 5.74) is 10.4. The van der Waals surface area contributed by atoms with Crippen LogP contribution >= 0.6 is 0 Å². The highest BCUT2D eigenvalue weighted by Gasteiger charge is 2.47. The highest BCUT2D eigenvalue weighted by atomic mass is 16.6. The number of aliphatic hydroxyl groups is 2. The van der Waals surface area contributed by atoms with E-state index in [2.05, 4.69) is 4.98 Å². The molecule has 5 atom stereocenters. The van der Waals surface area contributed by atoms with Gasteiger partial charge in [0, 0.05) is 6.20 Å². The van der Waals surface area contributed by atoms with Gasteiger partial charge in [0.1, 0.15) is 24.1 Å². The Labute approximate surface area is 138 Å². The van der Waals surface area contributed by atoms with Crippen LogP contribution in [0, 0.1) is 5.92 Å². The molecule has 0 saturated carbocycles. The van der Waals surface area contributed by atoms with Gasteiger partial charge in [0.05, 0.1) is 6.61 Å². The molecule has 0 spiro atoms. The zero-order valence-corrected chi connectivity index (χ0v) is 13.4. The maximum absolute atomic E-state index is 12.0. The highest BCUT2D eigenvalue weighted by Crippen LogP contribution is 2.30. The number of aromatic nitrogens is 2. The number of aliphatic hydroxyl groups excluding tert-OH is 2. The summed E-state index contributed by atoms with van der Waals surface area (Å²) in [7, 11) is 0. The molecule has 10 nitrogen and oxygen atoms in total. The quantitative estimate of drug-likeness (QED) is 0.442. The number of rotatable bonds is 5. The molecule has 0 amide bonds. The third-order valence-electron chi connectivity index (χ3n) is 3.86. The summed E-state index contributed by atoms with van der Waals surface area (Å²) < 4.78 is 11.7. The average Bonchev–Trinajstić information content (AvgIpc) is 2.83. The lowest BCUT2D eigenvalue weighted by Crippen LogP contribution is -2.45. The van der Waals surface area contributed by atoms with Gasteiger partial charge in [-0.2, -0.15) is 4.98 Å². The molecule has 10 heteroatoms. The molecule has 0 aromatic carbocycles. The Bertz CT molecular complexity index is 648. The molecule has 2 rings (SSSR count). The Kier molecular flexibility index (Phi) is 5.54. The van der Waals surface area contributed by atoms with Crippen molar-refractivity contribution in [2.45, 2.75) is 44.4 Å². The molecule has 1 saturated heterocycles. The van der Waals surface area contributed by atoms with Gasteiger partial charge in [-0.15, -0.1) is 0 Å². The Hall–Kier alpha value is -2.01. The molecule has 134 valence electrons. The topological polar surface area (TPSA) is 163 Å². The summed E-state index contributed by atoms with van der Waals surface area (Å²) in [5.74, 6) is -0.864. The van der Waals surface area contributed by atoms with Crippen molar-refractivity contribution in [2.24, 2.45) is 11.7 Å². The molecule has 1 aromatic heterocycles. The second kappa shape index (κ2) is 7.26. The fourth-order valence-corrected chi connectivity index (χ4v) is 2.35. The first-order chi connectivity index (χ1) is 11.3. The number of hydrogen-bond acceptors (Lipinski definition) is 9. The lowest BCUT2D eigenvalue weighted by Gasteiger charge is -2.23. The molecule has 24 heavy (non-hydrogen) atoms. The molecule has 0 radical (unpaired) electrons. The standard InChI is InChI=1S/C14H22N4O6/c1-6(2)9(16)13(21)24-11-7(5-19)23-12(10(11)20)18-4-3-8(15)17-14(18)22/h3-4,6-7,9-12,19-20H,5,16H2,1-2H3,(H2,15,17,22)/t7-,9?,10?,11?,12-/m1/s1. The molecule has 1 aromatic rings. The minimum atomic E-state index is -1.38. The van der Waals surface area contributed by atoms with Crippen LogP contribution in [0.3, 0.4) is 0 Å². The molecule has 1 aliphatic rings. The monoisotopic (exact) mass is 342 g/mol. The molecule has 1 fully saturated rings. The average molecular weight is 342 g/mol. The number of anilines is 1. The smallest absolute Gasteiger partial charge is 0.351 e. The second-order valence-electron chi connectivity index (χ2n) is 5.95. The largest absolute Gasteiger partial charge is 0.455 e. The van der Waals surface area contributed by atoms with Gasteiger partial charge >= 0.3 is 11.7 Å². The van der Waals surface area contributed by atoms with Gasteiger partial charge in [-0.3, -0.25) is 9.36 Å². The summed E-state index contributed by atoms with van der Waals surface area (Å²) in [6.07, 6.45) is -3.42. The van der Waals surface area contributed by atoms with Crippen molar-refractivity contribution in [2.75, 3.05) is 12.3 Å². The number of carbonyl (C=O) groups excluding carboxylic acids is 1. The first-order valence-corrected chi connectivity index (χ1v) is 7.51. The molecule has 0 bridgehead atoms. The third-order valence-corrected chi connectivity index (χ3v) is 3.86. The maximum atomic E-state index is 12.0. The molecule has 0 aliphatic carbocycles. The van der Waals surface area contributed by atoms with Gasteiger partial charge in [-0.1, -0.05) is 13.8 Å². The Morgan fingerprint density at radius 3 is 2.75 bits per heavy atom. The summed E-state index contributed by atoms with van der Waals surface area (Å²) in [4.78, 5) is 27.4. The molecule has 6 N–H and O–H groups in total. The van der Waals surface area contributed by atoms with Crippen LogP contribution in [-0.4, -0.2) is 56.7 Å². The lowest BCUT2D eigenvalue weighted by molar-refractivity contribution is -0.159. The zero-order chi connectivity index (χ0) is 18.0. The van der Waals surface area contributed by atoms with E-state index < -0.39 is 48.8 Å². The van der Waals surface area contributed by atoms with Gasteiger partial charge in [0.15, 0.2) is 12.3 Å². The lowest BCUT2D eigenvalue weighted by atomic mass is 10.1. The third kappa shape index (κ3) is 3.56. The van der Waals surface area contributed by atoms with Gasteiger partial charge < -0.3 is 31.2 Å². The van der Waals surface area contributed by atoms with Crippen LogP contribution in [0.5, 0.6) is 0 Å². The Morgan fingerprint density at radius 1 is 1.54 bits per heavy atom. The van der Waals surface area contributed by atoms with Crippen LogP contribution in [0.4, 0.5) is 5.82 Å². The number of ether oxygens (including phenoxy) is 2. The van der Waals surface area contributed by atoms with E-state index in [1.165, 1.54) is 12.3 Å². The minimum absolute atomic E-state index is 0.0216. The summed E-state index contributed by atoms with van der Waals surface area (Å²) >= 11 is 0. The number of nitrogens with two attached hydrogens (primary N) is 2. The molecular weight excluding hydrogens is 320 g/mol. The van der Waals surface area contributed by atoms with Crippen molar-refractivity contribution in [1.29, 1.82) is 0 Å². The second-order valence-corrected chi connectivity index (χ2v) is 5.95. The summed E-state index contributed by atoms with van der Waals surface area (Å²) in [5, 5.41) is 19.8. The first-order valence-electron chi connectivity index (χ1n) is 7.51. The van der Waals surface area contributed by atoms with Crippen LogP contribution in [0.15, 0.2) is 17.1 Å². The zero-order valence-electron chi connectivity index (χ0n) is 13.4. The van der Waals surface area contributed by atoms with Crippen LogP contribution in [0.1, 0.15) is 20.1 Å². The van der Waals surface area contributed by atoms with Crippen molar-refractivity contribution in [1.82, 2.24) is 9.55 Å². The van der Waals surface area contributed by atoms with Gasteiger partial charge in [0.2, 0.25) is 0 Å². The van der Waals surface area contributed by atoms with Crippen LogP contribution < -0.4 is 17.2 Å². The van der Waals surface area contributed by atoms with Crippen LogP contribution in [0.25, 0.3) is 0 Å². The fourth-order valence-electron chi connectivity index (χ4n) is 2.35. The van der Waals surface area contributed by atoms with E-state index >= 15 is 0 Å². The van der Waals surface area contributed by atoms with Gasteiger partial charge in [0.25, 0.3) is 0 Å². The van der Waals surface area contributed by atoms with Gasteiger partial charge in [-0.05, 0) is 12.0 Å². The predicted octanol–water partition coefficient (Wildman–Crippen LogP) is -2.03. The molecule has 2 heterocycles. The van der Waals surface area contributed by atoms with E-state index in [-0.39, 0.29) is 11.7 Å². The number of nitrogens with zero attached hydrogens (tertiary/aromatic N) is 2. The van der Waals surface area contributed by atoms with Crippen molar-refractivity contribution >= 4 is 11.8 Å². The van der Waals surface area contributed by atoms with Crippen molar-refractivity contribution in [3.05, 3.63) is 22.7 Å². The highest BCUT2D eigenvalue weighted by molar-refractivity contribution is 5.76. The normalized spacial score (nSPS) is 28.1. The van der Waals surface area contributed by atoms with E-state index in [9.17, 15) is 19.8 Å². The number of carbonyl (C=O) groups is 1. The summed E-state index contributed by atoms with van der Waals surface area (Å²) in [6, 6.07) is 0.482. The predicted molar refractivity (Wildman–Crippen MR) is 82.6 cm³/mol. The van der Waals surface area contributed by atoms with Crippen molar-refractivity contribution < 1.29 is 24.5 Å². The minimum Gasteiger partial charge on any atom is -0.455 e. The van der Waals surface area contributed by atoms with E-state index in [1.54, 1.807) is 13.8 Å². The van der Waals surface area contributed by atoms with E-state index in [4.69, 9.17) is 20.9 Å². The van der Waals surface area contributed by atoms with Crippen LogP contribution in [0.2, 0.25) is 0 Å². The van der Waals surface area contributed by atoms with Crippen molar-refractivity contribution in [3.63, 3.8) is 0 Å². The number of nitrogen functional groups attached to an aromatic ring is 1. The molecule has 1 aliphatic heterocycles. The summed E-state index contributed by atoms with van der Waals surface area (Å²) in [6.45, 7) is 2.98. The Balaban J connectivity index is 2.21. The van der Waals surface area contributed by atoms with E-state index in [0.717, 1.165) is 4.57 Å². The van der Waals surface area contributed by atoms with E-state index in [0.29, 0.717) is 0 Å². The van der Waals surface area contributed by atoms with Gasteiger partial charge in [-0.25, -0.2) is 4.79 Å². The van der Waals surface area contributed by atoms with Crippen molar-refractivity contribution in [3.8, 4) is 0 Å².